The maximum absolute atomic E-state index is 11.9. The van der Waals surface area contributed by atoms with Crippen LogP contribution in [0, 0.1) is 6.92 Å². The summed E-state index contributed by atoms with van der Waals surface area (Å²) in [5, 5.41) is 6.07. The van der Waals surface area contributed by atoms with E-state index >= 15 is 0 Å². The Kier molecular flexibility index (Phi) is 5.06. The highest BCUT2D eigenvalue weighted by Crippen LogP contribution is 2.20. The normalized spacial score (nSPS) is 14.7. The molecular weight excluding hydrogens is 370 g/mol. The molecule has 4 rings (SSSR count). The lowest BCUT2D eigenvalue weighted by molar-refractivity contribution is 0.0958. The molecule has 0 saturated carbocycles. The number of nitrogens with one attached hydrogen (secondary N) is 3. The third-order valence-electron chi connectivity index (χ3n) is 5.22. The quantitative estimate of drug-likeness (QED) is 0.574. The number of H-pyrrole nitrogens is 1. The minimum absolute atomic E-state index is 0.0724. The number of amides is 1. The van der Waals surface area contributed by atoms with Gasteiger partial charge in [-0.05, 0) is 25.5 Å². The van der Waals surface area contributed by atoms with E-state index in [9.17, 15) is 9.59 Å². The minimum Gasteiger partial charge on any atom is -0.378 e. The summed E-state index contributed by atoms with van der Waals surface area (Å²) in [6.45, 7) is 6.37. The number of imidazole rings is 1. The molecule has 3 N–H and O–H groups in total. The number of hydrogen-bond acceptors (Lipinski definition) is 6. The molecule has 3 aromatic rings. The molecule has 3 aromatic heterocycles. The van der Waals surface area contributed by atoms with E-state index in [0.717, 1.165) is 42.3 Å². The lowest BCUT2D eigenvalue weighted by atomic mass is 10.1. The third kappa shape index (κ3) is 3.86. The number of aromatic amines is 1. The van der Waals surface area contributed by atoms with Gasteiger partial charge in [-0.25, -0.2) is 9.97 Å². The molecule has 0 aliphatic carbocycles. The zero-order valence-electron chi connectivity index (χ0n) is 16.8. The Morgan fingerprint density at radius 2 is 2.07 bits per heavy atom. The zero-order chi connectivity index (χ0) is 20.5. The number of aryl methyl sites for hydroxylation is 2. The minimum atomic E-state index is -0.186. The predicted molar refractivity (Wildman–Crippen MR) is 110 cm³/mol. The van der Waals surface area contributed by atoms with Crippen molar-refractivity contribution in [2.24, 2.45) is 0 Å². The largest absolute Gasteiger partial charge is 0.378 e. The smallest absolute Gasteiger partial charge is 0.269 e. The number of hydrogen-bond donors (Lipinski definition) is 3. The number of aromatic nitrogens is 4. The number of rotatable bonds is 6. The van der Waals surface area contributed by atoms with E-state index in [2.05, 4.69) is 30.5 Å². The van der Waals surface area contributed by atoms with E-state index < -0.39 is 0 Å². The number of pyridine rings is 1. The van der Waals surface area contributed by atoms with Crippen molar-refractivity contribution in [1.82, 2.24) is 29.6 Å². The molecule has 0 aromatic carbocycles. The van der Waals surface area contributed by atoms with Crippen LogP contribution in [-0.2, 0) is 13.0 Å². The van der Waals surface area contributed by atoms with Gasteiger partial charge in [-0.1, -0.05) is 6.92 Å². The van der Waals surface area contributed by atoms with Crippen molar-refractivity contribution in [2.75, 3.05) is 25.5 Å². The first-order valence-corrected chi connectivity index (χ1v) is 9.75. The third-order valence-corrected chi connectivity index (χ3v) is 5.22. The van der Waals surface area contributed by atoms with Crippen LogP contribution in [0.1, 0.15) is 34.4 Å². The van der Waals surface area contributed by atoms with Crippen molar-refractivity contribution < 1.29 is 4.79 Å². The van der Waals surface area contributed by atoms with Gasteiger partial charge in [-0.2, -0.15) is 0 Å². The van der Waals surface area contributed by atoms with Gasteiger partial charge in [0.2, 0.25) is 5.78 Å². The summed E-state index contributed by atoms with van der Waals surface area (Å²) < 4.78 is 1.88. The topological polar surface area (TPSA) is 107 Å². The number of anilines is 1. The fraction of sp³-hybridized carbons (Fsp3) is 0.400. The van der Waals surface area contributed by atoms with Gasteiger partial charge in [-0.15, -0.1) is 0 Å². The monoisotopic (exact) mass is 395 g/mol. The zero-order valence-corrected chi connectivity index (χ0v) is 16.8. The van der Waals surface area contributed by atoms with Gasteiger partial charge >= 0.3 is 0 Å². The molecule has 152 valence electrons. The van der Waals surface area contributed by atoms with E-state index in [-0.39, 0.29) is 11.5 Å². The molecule has 9 nitrogen and oxygen atoms in total. The van der Waals surface area contributed by atoms with Crippen molar-refractivity contribution in [3.63, 3.8) is 0 Å². The summed E-state index contributed by atoms with van der Waals surface area (Å²) >= 11 is 0. The highest BCUT2D eigenvalue weighted by Gasteiger charge is 2.27. The lowest BCUT2D eigenvalue weighted by Gasteiger charge is -2.39. The highest BCUT2D eigenvalue weighted by molar-refractivity contribution is 5.92. The number of carbonyl (C=O) groups is 1. The fourth-order valence-electron chi connectivity index (χ4n) is 3.58. The maximum Gasteiger partial charge on any atom is 0.269 e. The Bertz CT molecular complexity index is 1110. The number of likely N-dealkylation sites (tertiary alicyclic amines) is 1. The molecular formula is C20H25N7O2. The first kappa shape index (κ1) is 19.1. The molecule has 0 unspecified atom stereocenters. The molecule has 0 radical (unpaired) electrons. The van der Waals surface area contributed by atoms with Gasteiger partial charge in [0.1, 0.15) is 5.69 Å². The molecule has 1 aliphatic rings. The number of fused-ring (bicyclic) bond motifs is 1. The SMILES string of the molecule is CCc1cn2cc(CN3CC(Nc4ccc(C(=O)NC)nc4C)C3)nc2[nH]c1=O. The molecule has 1 fully saturated rings. The summed E-state index contributed by atoms with van der Waals surface area (Å²) in [5.74, 6) is 0.393. The van der Waals surface area contributed by atoms with Crippen molar-refractivity contribution in [3.8, 4) is 0 Å². The van der Waals surface area contributed by atoms with Crippen molar-refractivity contribution in [3.05, 3.63) is 57.5 Å². The van der Waals surface area contributed by atoms with Crippen molar-refractivity contribution in [2.45, 2.75) is 32.9 Å². The van der Waals surface area contributed by atoms with E-state index in [4.69, 9.17) is 0 Å². The van der Waals surface area contributed by atoms with E-state index in [1.54, 1.807) is 13.1 Å². The summed E-state index contributed by atoms with van der Waals surface area (Å²) in [6.07, 6.45) is 4.51. The highest BCUT2D eigenvalue weighted by atomic mass is 16.1. The van der Waals surface area contributed by atoms with Crippen LogP contribution in [0.5, 0.6) is 0 Å². The van der Waals surface area contributed by atoms with Gasteiger partial charge in [-0.3, -0.25) is 23.9 Å². The van der Waals surface area contributed by atoms with Crippen LogP contribution in [0.2, 0.25) is 0 Å². The fourth-order valence-corrected chi connectivity index (χ4v) is 3.58. The van der Waals surface area contributed by atoms with Gasteiger partial charge in [0.05, 0.1) is 23.1 Å². The molecule has 29 heavy (non-hydrogen) atoms. The van der Waals surface area contributed by atoms with Crippen molar-refractivity contribution >= 4 is 17.4 Å². The molecule has 4 heterocycles. The number of carbonyl (C=O) groups excluding carboxylic acids is 1. The van der Waals surface area contributed by atoms with Crippen LogP contribution < -0.4 is 16.2 Å². The van der Waals surface area contributed by atoms with Crippen LogP contribution in [0.15, 0.2) is 29.3 Å². The summed E-state index contributed by atoms with van der Waals surface area (Å²) in [6, 6.07) is 3.95. The second-order valence-corrected chi connectivity index (χ2v) is 7.37. The predicted octanol–water partition coefficient (Wildman–Crippen LogP) is 0.944. The second kappa shape index (κ2) is 7.67. The average Bonchev–Trinajstić information content (AvgIpc) is 3.07. The van der Waals surface area contributed by atoms with E-state index in [1.165, 1.54) is 0 Å². The number of nitrogens with zero attached hydrogens (tertiary/aromatic N) is 4. The molecule has 1 aliphatic heterocycles. The van der Waals surface area contributed by atoms with Crippen LogP contribution in [0.25, 0.3) is 5.78 Å². The van der Waals surface area contributed by atoms with Crippen LogP contribution >= 0.6 is 0 Å². The Morgan fingerprint density at radius 3 is 2.76 bits per heavy atom. The van der Waals surface area contributed by atoms with Gasteiger partial charge in [0.25, 0.3) is 11.5 Å². The van der Waals surface area contributed by atoms with E-state index in [1.807, 2.05) is 36.7 Å². The van der Waals surface area contributed by atoms with Crippen LogP contribution in [0.4, 0.5) is 5.69 Å². The van der Waals surface area contributed by atoms with Crippen LogP contribution in [0.3, 0.4) is 0 Å². The molecule has 0 bridgehead atoms. The Hall–Kier alpha value is -3.20. The molecule has 9 heteroatoms. The first-order valence-electron chi connectivity index (χ1n) is 9.75. The Labute approximate surface area is 168 Å². The Balaban J connectivity index is 1.35. The lowest BCUT2D eigenvalue weighted by Crippen LogP contribution is -2.54. The molecule has 0 spiro atoms. The second-order valence-electron chi connectivity index (χ2n) is 7.37. The molecule has 1 amide bonds. The van der Waals surface area contributed by atoms with Gasteiger partial charge in [0, 0.05) is 44.6 Å². The van der Waals surface area contributed by atoms with Crippen LogP contribution in [-0.4, -0.2) is 56.3 Å². The summed E-state index contributed by atoms with van der Waals surface area (Å²) in [7, 11) is 1.60. The maximum atomic E-state index is 11.9. The Morgan fingerprint density at radius 1 is 1.28 bits per heavy atom. The van der Waals surface area contributed by atoms with Gasteiger partial charge in [0.15, 0.2) is 0 Å². The summed E-state index contributed by atoms with van der Waals surface area (Å²) in [5.41, 5.74) is 3.78. The first-order chi connectivity index (χ1) is 14.0. The molecule has 1 saturated heterocycles. The average molecular weight is 395 g/mol. The van der Waals surface area contributed by atoms with Crippen molar-refractivity contribution in [1.29, 1.82) is 0 Å². The van der Waals surface area contributed by atoms with E-state index in [0.29, 0.717) is 23.9 Å². The van der Waals surface area contributed by atoms with Gasteiger partial charge < -0.3 is 10.6 Å². The molecule has 0 atom stereocenters. The summed E-state index contributed by atoms with van der Waals surface area (Å²) in [4.78, 5) is 37.6. The standard InChI is InChI=1S/C20H25N7O2/c1-4-13-7-27-11-15(24-20(27)25-18(13)28)10-26-8-14(9-26)23-16-5-6-17(19(29)21-3)22-12(16)2/h5-7,11,14,23H,4,8-10H2,1-3H3,(H,21,29)(H,24,25,28).